The van der Waals surface area contributed by atoms with Gasteiger partial charge in [0.2, 0.25) is 6.41 Å². The molecule has 7 nitrogen and oxygen atoms in total. The van der Waals surface area contributed by atoms with Crippen molar-refractivity contribution < 1.29 is 19.1 Å². The number of carbonyl (C=O) groups is 2. The minimum atomic E-state index is -0.467. The number of likely N-dealkylation sites (N-methyl/N-ethyl adjacent to an activating group) is 1. The maximum atomic E-state index is 14.1. The van der Waals surface area contributed by atoms with E-state index < -0.39 is 12.4 Å². The molecule has 1 N–H and O–H groups in total. The van der Waals surface area contributed by atoms with Crippen LogP contribution in [0.15, 0.2) is 47.7 Å². The molecular weight excluding hydrogens is 423 g/mol. The molecule has 0 saturated carbocycles. The van der Waals surface area contributed by atoms with Crippen LogP contribution in [0.1, 0.15) is 22.8 Å². The molecule has 0 bridgehead atoms. The summed E-state index contributed by atoms with van der Waals surface area (Å²) in [6.07, 6.45) is 4.57. The minimum absolute atomic E-state index is 0.186. The summed E-state index contributed by atoms with van der Waals surface area (Å²) < 4.78 is 14.1. The number of aldehydes is 1. The molecule has 2 aromatic rings. The Labute approximate surface area is 185 Å². The van der Waals surface area contributed by atoms with E-state index in [2.05, 4.69) is 5.10 Å². The first-order valence-electron chi connectivity index (χ1n) is 9.44. The molecule has 0 radical (unpaired) electrons. The Bertz CT molecular complexity index is 976. The maximum absolute atomic E-state index is 14.1. The Hall–Kier alpha value is -3.23. The number of aliphatic hydroxyl groups is 1. The highest BCUT2D eigenvalue weighted by Crippen LogP contribution is 2.28. The van der Waals surface area contributed by atoms with Gasteiger partial charge in [-0.1, -0.05) is 17.7 Å². The van der Waals surface area contributed by atoms with Crippen LogP contribution in [0, 0.1) is 5.82 Å². The van der Waals surface area contributed by atoms with Crippen LogP contribution in [-0.2, 0) is 4.79 Å². The Morgan fingerprint density at radius 3 is 2.52 bits per heavy atom. The molecule has 0 heterocycles. The van der Waals surface area contributed by atoms with E-state index in [1.807, 2.05) is 0 Å². The van der Waals surface area contributed by atoms with E-state index >= 15 is 0 Å². The van der Waals surface area contributed by atoms with Crippen molar-refractivity contribution in [1.82, 2.24) is 4.90 Å². The van der Waals surface area contributed by atoms with E-state index in [0.29, 0.717) is 36.1 Å². The second-order valence-corrected chi connectivity index (χ2v) is 6.92. The van der Waals surface area contributed by atoms with Crippen LogP contribution in [0.3, 0.4) is 0 Å². The third kappa shape index (κ3) is 5.90. The molecule has 9 heteroatoms. The van der Waals surface area contributed by atoms with Crippen molar-refractivity contribution in [3.05, 3.63) is 64.6 Å². The van der Waals surface area contributed by atoms with Crippen LogP contribution in [0.5, 0.6) is 0 Å². The second kappa shape index (κ2) is 11.2. The molecule has 1 amide bonds. The van der Waals surface area contributed by atoms with Crippen LogP contribution >= 0.6 is 11.6 Å². The van der Waals surface area contributed by atoms with Gasteiger partial charge < -0.3 is 10.0 Å². The number of aliphatic hydroxyl groups excluding tert-OH is 1. The van der Waals surface area contributed by atoms with Crippen LogP contribution < -0.4 is 9.91 Å². The van der Waals surface area contributed by atoms with Gasteiger partial charge in [-0.3, -0.25) is 19.5 Å². The van der Waals surface area contributed by atoms with E-state index in [9.17, 15) is 19.1 Å². The quantitative estimate of drug-likeness (QED) is 0.275. The van der Waals surface area contributed by atoms with E-state index in [-0.39, 0.29) is 16.5 Å². The summed E-state index contributed by atoms with van der Waals surface area (Å²) >= 11 is 6.10. The van der Waals surface area contributed by atoms with E-state index in [1.54, 1.807) is 57.6 Å². The zero-order valence-corrected chi connectivity index (χ0v) is 18.3. The van der Waals surface area contributed by atoms with E-state index in [1.165, 1.54) is 26.9 Å². The fourth-order valence-electron chi connectivity index (χ4n) is 2.84. The largest absolute Gasteiger partial charge is 0.388 e. The number of hydrogen-bond donors (Lipinski definition) is 1. The average Bonchev–Trinajstić information content (AvgIpc) is 2.77. The normalized spacial score (nSPS) is 11.5. The molecular formula is C22H24ClFN4O3. The summed E-state index contributed by atoms with van der Waals surface area (Å²) in [6, 6.07) is 9.45. The number of hydrogen-bond acceptors (Lipinski definition) is 6. The number of hydrazone groups is 1. The van der Waals surface area contributed by atoms with Gasteiger partial charge in [0.1, 0.15) is 12.4 Å². The molecule has 164 valence electrons. The number of amides is 1. The highest BCUT2D eigenvalue weighted by atomic mass is 35.5. The maximum Gasteiger partial charge on any atom is 0.215 e. The van der Waals surface area contributed by atoms with Crippen LogP contribution in [0.2, 0.25) is 5.02 Å². The van der Waals surface area contributed by atoms with Crippen molar-refractivity contribution in [2.45, 2.75) is 6.92 Å². The number of amidine groups is 1. The van der Waals surface area contributed by atoms with Gasteiger partial charge in [-0.2, -0.15) is 5.10 Å². The van der Waals surface area contributed by atoms with Gasteiger partial charge in [0.25, 0.3) is 0 Å². The zero-order chi connectivity index (χ0) is 23.0. The first-order chi connectivity index (χ1) is 14.9. The van der Waals surface area contributed by atoms with Gasteiger partial charge in [-0.15, -0.1) is 0 Å². The molecule has 0 fully saturated rings. The smallest absolute Gasteiger partial charge is 0.215 e. The number of halogens is 2. The lowest BCUT2D eigenvalue weighted by atomic mass is 10.1. The summed E-state index contributed by atoms with van der Waals surface area (Å²) in [5, 5.41) is 15.6. The zero-order valence-electron chi connectivity index (χ0n) is 17.5. The van der Waals surface area contributed by atoms with E-state index in [4.69, 9.17) is 11.6 Å². The molecule has 0 aliphatic rings. The Morgan fingerprint density at radius 1 is 1.19 bits per heavy atom. The standard InChI is InChI=1S/C22H24ClFN4O3/c1-4-28(15-31)21(14-30)25-27(3)18-9-8-17(13-29)16(12-18)10-11-26(2)22-19(23)6-5-7-20(22)24/h5-13,15,30H,4,14H2,1-3H3/b11-10-,25-21-. The molecule has 0 atom stereocenters. The van der Waals surface area contributed by atoms with Crippen molar-refractivity contribution in [3.63, 3.8) is 0 Å². The van der Waals surface area contributed by atoms with Gasteiger partial charge in [0.15, 0.2) is 12.1 Å². The molecule has 2 aromatic carbocycles. The van der Waals surface area contributed by atoms with Gasteiger partial charge in [-0.05, 0) is 48.9 Å². The Morgan fingerprint density at radius 2 is 1.94 bits per heavy atom. The third-order valence-corrected chi connectivity index (χ3v) is 4.85. The highest BCUT2D eigenvalue weighted by Gasteiger charge is 2.12. The monoisotopic (exact) mass is 446 g/mol. The SMILES string of the molecule is CCN(C=O)/C(CO)=N\N(C)c1ccc(C=O)c(/C=C\N(C)c2c(F)cccc2Cl)c1. The number of para-hydroxylation sites is 1. The number of nitrogens with zero attached hydrogens (tertiary/aromatic N) is 4. The number of carbonyl (C=O) groups excluding carboxylic acids is 2. The van der Waals surface area contributed by atoms with Crippen molar-refractivity contribution >= 4 is 47.6 Å². The topological polar surface area (TPSA) is 76.5 Å². The molecule has 31 heavy (non-hydrogen) atoms. The lowest BCUT2D eigenvalue weighted by Crippen LogP contribution is -2.34. The first-order valence-corrected chi connectivity index (χ1v) is 9.82. The van der Waals surface area contributed by atoms with E-state index in [0.717, 1.165) is 0 Å². The lowest BCUT2D eigenvalue weighted by molar-refractivity contribution is -0.114. The summed E-state index contributed by atoms with van der Waals surface area (Å²) in [5.74, 6) is -0.282. The van der Waals surface area contributed by atoms with Crippen LogP contribution in [0.25, 0.3) is 6.08 Å². The fraction of sp³-hybridized carbons (Fsp3) is 0.227. The lowest BCUT2D eigenvalue weighted by Gasteiger charge is -2.21. The molecule has 0 aromatic heterocycles. The van der Waals surface area contributed by atoms with Crippen LogP contribution in [-0.4, -0.2) is 55.8 Å². The van der Waals surface area contributed by atoms with Crippen LogP contribution in [0.4, 0.5) is 15.8 Å². The predicted molar refractivity (Wildman–Crippen MR) is 122 cm³/mol. The van der Waals surface area contributed by atoms with Gasteiger partial charge in [-0.25, -0.2) is 4.39 Å². The summed E-state index contributed by atoms with van der Waals surface area (Å²) in [5.41, 5.74) is 1.83. The summed E-state index contributed by atoms with van der Waals surface area (Å²) in [4.78, 5) is 25.4. The molecule has 0 saturated heterocycles. The molecule has 0 spiro atoms. The minimum Gasteiger partial charge on any atom is -0.388 e. The van der Waals surface area contributed by atoms with Crippen molar-refractivity contribution in [1.29, 1.82) is 0 Å². The molecule has 0 aliphatic heterocycles. The van der Waals surface area contributed by atoms with Gasteiger partial charge in [0, 0.05) is 32.4 Å². The molecule has 0 aliphatic carbocycles. The van der Waals surface area contributed by atoms with Crippen molar-refractivity contribution in [2.24, 2.45) is 5.10 Å². The number of benzene rings is 2. The Balaban J connectivity index is 2.37. The number of anilines is 2. The van der Waals surface area contributed by atoms with Crippen molar-refractivity contribution in [2.75, 3.05) is 37.2 Å². The van der Waals surface area contributed by atoms with Gasteiger partial charge in [0.05, 0.1) is 16.4 Å². The first kappa shape index (κ1) is 24.0. The molecule has 2 rings (SSSR count). The number of rotatable bonds is 9. The third-order valence-electron chi connectivity index (χ3n) is 4.55. The Kier molecular flexibility index (Phi) is 8.72. The summed E-state index contributed by atoms with van der Waals surface area (Å²) in [7, 11) is 3.30. The predicted octanol–water partition coefficient (Wildman–Crippen LogP) is 3.62. The molecule has 0 unspecified atom stereocenters. The highest BCUT2D eigenvalue weighted by molar-refractivity contribution is 6.33. The van der Waals surface area contributed by atoms with Crippen molar-refractivity contribution in [3.8, 4) is 0 Å². The van der Waals surface area contributed by atoms with Gasteiger partial charge >= 0.3 is 0 Å². The average molecular weight is 447 g/mol. The summed E-state index contributed by atoms with van der Waals surface area (Å²) in [6.45, 7) is 1.71. The fourth-order valence-corrected chi connectivity index (χ4v) is 3.13. The second-order valence-electron chi connectivity index (χ2n) is 6.52.